The zero-order valence-electron chi connectivity index (χ0n) is 9.64. The van der Waals surface area contributed by atoms with Gasteiger partial charge in [0.25, 0.3) is 0 Å². The molecule has 0 aliphatic carbocycles. The predicted octanol–water partition coefficient (Wildman–Crippen LogP) is 2.82. The average Bonchev–Trinajstić information content (AvgIpc) is 2.34. The third kappa shape index (κ3) is 2.75. The van der Waals surface area contributed by atoms with Crippen molar-refractivity contribution in [2.75, 3.05) is 5.32 Å². The van der Waals surface area contributed by atoms with Gasteiger partial charge in [-0.25, -0.2) is 0 Å². The van der Waals surface area contributed by atoms with E-state index in [1.807, 2.05) is 25.1 Å². The molecule has 0 radical (unpaired) electrons. The number of benzene rings is 1. The Bertz CT molecular complexity index is 600. The molecule has 0 saturated heterocycles. The summed E-state index contributed by atoms with van der Waals surface area (Å²) in [4.78, 5) is 0.269. The van der Waals surface area contributed by atoms with Crippen LogP contribution in [0.15, 0.2) is 30.5 Å². The molecule has 0 unspecified atom stereocenters. The van der Waals surface area contributed by atoms with E-state index >= 15 is 0 Å². The van der Waals surface area contributed by atoms with Gasteiger partial charge in [-0.2, -0.15) is 5.10 Å². The van der Waals surface area contributed by atoms with Crippen LogP contribution in [0.25, 0.3) is 0 Å². The number of aryl methyl sites for hydroxylation is 1. The number of rotatable bonds is 3. The van der Waals surface area contributed by atoms with Gasteiger partial charge in [-0.15, -0.1) is 5.10 Å². The molecular formula is C12H11ClN4S. The Labute approximate surface area is 115 Å². The van der Waals surface area contributed by atoms with Gasteiger partial charge in [-0.05, 0) is 30.7 Å². The van der Waals surface area contributed by atoms with E-state index in [-0.39, 0.29) is 4.99 Å². The second kappa shape index (κ2) is 5.29. The monoisotopic (exact) mass is 278 g/mol. The lowest BCUT2D eigenvalue weighted by Crippen LogP contribution is -2.13. The predicted molar refractivity (Wildman–Crippen MR) is 77.4 cm³/mol. The second-order valence-electron chi connectivity index (χ2n) is 3.75. The molecule has 0 fully saturated rings. The minimum atomic E-state index is 0.269. The molecule has 1 aromatic carbocycles. The van der Waals surface area contributed by atoms with E-state index in [0.717, 1.165) is 11.3 Å². The van der Waals surface area contributed by atoms with Crippen molar-refractivity contribution in [3.63, 3.8) is 0 Å². The Kier molecular flexibility index (Phi) is 3.74. The van der Waals surface area contributed by atoms with Crippen LogP contribution in [-0.2, 0) is 0 Å². The summed E-state index contributed by atoms with van der Waals surface area (Å²) >= 11 is 11.0. The van der Waals surface area contributed by atoms with Crippen molar-refractivity contribution in [3.05, 3.63) is 46.6 Å². The maximum absolute atomic E-state index is 6.06. The molecule has 92 valence electrons. The highest BCUT2D eigenvalue weighted by Gasteiger charge is 2.07. The Balaban J connectivity index is 2.34. The van der Waals surface area contributed by atoms with Crippen molar-refractivity contribution < 1.29 is 0 Å². The van der Waals surface area contributed by atoms with Crippen molar-refractivity contribution in [3.8, 4) is 0 Å². The van der Waals surface area contributed by atoms with Gasteiger partial charge in [-0.3, -0.25) is 0 Å². The lowest BCUT2D eigenvalue weighted by Gasteiger charge is -2.09. The molecule has 3 N–H and O–H groups in total. The molecule has 1 heterocycles. The number of nitrogens with one attached hydrogen (secondary N) is 1. The zero-order valence-corrected chi connectivity index (χ0v) is 11.2. The molecule has 0 spiro atoms. The minimum Gasteiger partial charge on any atom is -0.389 e. The molecule has 0 aliphatic heterocycles. The van der Waals surface area contributed by atoms with Crippen LogP contribution in [0.1, 0.15) is 11.1 Å². The number of halogens is 1. The Morgan fingerprint density at radius 2 is 2.17 bits per heavy atom. The van der Waals surface area contributed by atoms with Crippen molar-refractivity contribution in [2.45, 2.75) is 6.92 Å². The van der Waals surface area contributed by atoms with Crippen LogP contribution in [0, 0.1) is 6.92 Å². The lowest BCUT2D eigenvalue weighted by molar-refractivity contribution is 1.03. The summed E-state index contributed by atoms with van der Waals surface area (Å²) in [7, 11) is 0. The number of thiocarbonyl (C=S) groups is 1. The number of nitrogens with zero attached hydrogens (tertiary/aromatic N) is 2. The molecule has 6 heteroatoms. The van der Waals surface area contributed by atoms with Crippen molar-refractivity contribution in [2.24, 2.45) is 5.73 Å². The van der Waals surface area contributed by atoms with Crippen molar-refractivity contribution >= 4 is 40.3 Å². The Morgan fingerprint density at radius 1 is 1.39 bits per heavy atom. The van der Waals surface area contributed by atoms with Gasteiger partial charge < -0.3 is 11.1 Å². The molecule has 2 rings (SSSR count). The van der Waals surface area contributed by atoms with Crippen LogP contribution in [0.3, 0.4) is 0 Å². The van der Waals surface area contributed by atoms with Gasteiger partial charge in [0.15, 0.2) is 5.82 Å². The largest absolute Gasteiger partial charge is 0.389 e. The second-order valence-corrected chi connectivity index (χ2v) is 4.59. The fourth-order valence-electron chi connectivity index (χ4n) is 1.43. The first-order chi connectivity index (χ1) is 8.58. The topological polar surface area (TPSA) is 63.8 Å². The average molecular weight is 279 g/mol. The number of hydrogen-bond donors (Lipinski definition) is 2. The van der Waals surface area contributed by atoms with Crippen LogP contribution in [-0.4, -0.2) is 15.2 Å². The SMILES string of the molecule is Cc1ccc(Nc2nnccc2C(N)=S)cc1Cl. The fraction of sp³-hybridized carbons (Fsp3) is 0.0833. The molecule has 18 heavy (non-hydrogen) atoms. The highest BCUT2D eigenvalue weighted by molar-refractivity contribution is 7.80. The first-order valence-electron chi connectivity index (χ1n) is 5.22. The first kappa shape index (κ1) is 12.7. The molecule has 1 aromatic heterocycles. The van der Waals surface area contributed by atoms with E-state index in [1.165, 1.54) is 0 Å². The van der Waals surface area contributed by atoms with Gasteiger partial charge >= 0.3 is 0 Å². The molecule has 4 nitrogen and oxygen atoms in total. The van der Waals surface area contributed by atoms with Gasteiger partial charge in [-0.1, -0.05) is 29.9 Å². The first-order valence-corrected chi connectivity index (χ1v) is 6.01. The molecule has 0 atom stereocenters. The summed E-state index contributed by atoms with van der Waals surface area (Å²) in [5.74, 6) is 0.518. The summed E-state index contributed by atoms with van der Waals surface area (Å²) in [6, 6.07) is 7.35. The normalized spacial score (nSPS) is 10.1. The van der Waals surface area contributed by atoms with E-state index in [1.54, 1.807) is 12.3 Å². The maximum Gasteiger partial charge on any atom is 0.163 e. The van der Waals surface area contributed by atoms with E-state index in [9.17, 15) is 0 Å². The summed E-state index contributed by atoms with van der Waals surface area (Å²) in [6.07, 6.45) is 1.54. The number of anilines is 2. The van der Waals surface area contributed by atoms with Crippen LogP contribution in [0.2, 0.25) is 5.02 Å². The molecule has 0 aliphatic rings. The van der Waals surface area contributed by atoms with E-state index in [2.05, 4.69) is 15.5 Å². The summed E-state index contributed by atoms with van der Waals surface area (Å²) in [5.41, 5.74) is 8.09. The van der Waals surface area contributed by atoms with E-state index in [0.29, 0.717) is 16.4 Å². The molecular weight excluding hydrogens is 268 g/mol. The zero-order chi connectivity index (χ0) is 13.1. The van der Waals surface area contributed by atoms with Crippen LogP contribution in [0.5, 0.6) is 0 Å². The fourth-order valence-corrected chi connectivity index (χ4v) is 1.78. The number of hydrogen-bond acceptors (Lipinski definition) is 4. The van der Waals surface area contributed by atoms with E-state index < -0.39 is 0 Å². The minimum absolute atomic E-state index is 0.269. The summed E-state index contributed by atoms with van der Waals surface area (Å²) in [6.45, 7) is 1.94. The van der Waals surface area contributed by atoms with E-state index in [4.69, 9.17) is 29.6 Å². The Hall–Kier alpha value is -1.72. The number of nitrogens with two attached hydrogens (primary N) is 1. The summed E-state index contributed by atoms with van der Waals surface area (Å²) < 4.78 is 0. The third-order valence-corrected chi connectivity index (χ3v) is 3.05. The van der Waals surface area contributed by atoms with Crippen LogP contribution >= 0.6 is 23.8 Å². The molecule has 0 saturated carbocycles. The standard InChI is InChI=1S/C12H11ClN4S/c1-7-2-3-8(6-10(7)13)16-12-9(11(14)18)4-5-15-17-12/h2-6H,1H3,(H2,14,18)(H,16,17). The van der Waals surface area contributed by atoms with Gasteiger partial charge in [0.05, 0.1) is 11.8 Å². The molecule has 0 bridgehead atoms. The smallest absolute Gasteiger partial charge is 0.163 e. The quantitative estimate of drug-likeness (QED) is 0.845. The molecule has 2 aromatic rings. The number of aromatic nitrogens is 2. The lowest BCUT2D eigenvalue weighted by atomic mass is 10.2. The third-order valence-electron chi connectivity index (χ3n) is 2.42. The van der Waals surface area contributed by atoms with Crippen molar-refractivity contribution in [1.29, 1.82) is 0 Å². The highest BCUT2D eigenvalue weighted by Crippen LogP contribution is 2.23. The van der Waals surface area contributed by atoms with Crippen molar-refractivity contribution in [1.82, 2.24) is 10.2 Å². The maximum atomic E-state index is 6.06. The highest BCUT2D eigenvalue weighted by atomic mass is 35.5. The van der Waals surface area contributed by atoms with Crippen LogP contribution in [0.4, 0.5) is 11.5 Å². The molecule has 0 amide bonds. The van der Waals surface area contributed by atoms with Gasteiger partial charge in [0.2, 0.25) is 0 Å². The summed E-state index contributed by atoms with van der Waals surface area (Å²) in [5, 5.41) is 11.6. The van der Waals surface area contributed by atoms with Gasteiger partial charge in [0.1, 0.15) is 4.99 Å². The Morgan fingerprint density at radius 3 is 2.83 bits per heavy atom. The van der Waals surface area contributed by atoms with Crippen LogP contribution < -0.4 is 11.1 Å². The van der Waals surface area contributed by atoms with Gasteiger partial charge in [0, 0.05) is 10.7 Å².